The van der Waals surface area contributed by atoms with Crippen LogP contribution in [0.2, 0.25) is 0 Å². The number of nitrogens with zero attached hydrogens (tertiary/aromatic N) is 1. The second-order valence-corrected chi connectivity index (χ2v) is 3.39. The molecular formula is C9H18N2O2. The Morgan fingerprint density at radius 3 is 2.69 bits per heavy atom. The predicted octanol–water partition coefficient (Wildman–Crippen LogP) is -0.0274. The highest BCUT2D eigenvalue weighted by atomic mass is 16.5. The van der Waals surface area contributed by atoms with Crippen LogP contribution in [0.1, 0.15) is 19.3 Å². The first-order valence-electron chi connectivity index (χ1n) is 4.78. The van der Waals surface area contributed by atoms with E-state index >= 15 is 0 Å². The molecule has 0 unspecified atom stereocenters. The second kappa shape index (κ2) is 5.19. The van der Waals surface area contributed by atoms with Gasteiger partial charge in [-0.25, -0.2) is 0 Å². The summed E-state index contributed by atoms with van der Waals surface area (Å²) in [5.41, 5.74) is 5.45. The molecule has 0 aromatic heterocycles. The van der Waals surface area contributed by atoms with Crippen molar-refractivity contribution in [3.63, 3.8) is 0 Å². The first-order valence-corrected chi connectivity index (χ1v) is 4.78. The van der Waals surface area contributed by atoms with Crippen molar-refractivity contribution in [3.8, 4) is 0 Å². The third kappa shape index (κ3) is 2.67. The Morgan fingerprint density at radius 2 is 2.31 bits per heavy atom. The van der Waals surface area contributed by atoms with Gasteiger partial charge >= 0.3 is 0 Å². The van der Waals surface area contributed by atoms with Crippen LogP contribution in [-0.4, -0.2) is 43.7 Å². The van der Waals surface area contributed by atoms with Gasteiger partial charge in [-0.2, -0.15) is 0 Å². The highest BCUT2D eigenvalue weighted by molar-refractivity contribution is 5.77. The fourth-order valence-corrected chi connectivity index (χ4v) is 1.55. The predicted molar refractivity (Wildman–Crippen MR) is 50.3 cm³/mol. The largest absolute Gasteiger partial charge is 0.375 e. The van der Waals surface area contributed by atoms with Crippen molar-refractivity contribution >= 4 is 5.91 Å². The van der Waals surface area contributed by atoms with E-state index in [1.165, 1.54) is 6.42 Å². The molecule has 4 heteroatoms. The van der Waals surface area contributed by atoms with Gasteiger partial charge in [0.1, 0.15) is 6.61 Å². The fraction of sp³-hybridized carbons (Fsp3) is 0.889. The third-order valence-electron chi connectivity index (χ3n) is 2.47. The van der Waals surface area contributed by atoms with Crippen LogP contribution in [0.4, 0.5) is 0 Å². The minimum atomic E-state index is 0.0673. The number of hydrogen-bond acceptors (Lipinski definition) is 3. The first-order chi connectivity index (χ1) is 6.29. The SMILES string of the molecule is COCC(=O)N(CCN)C1CCC1. The van der Waals surface area contributed by atoms with Gasteiger partial charge in [-0.3, -0.25) is 4.79 Å². The van der Waals surface area contributed by atoms with E-state index in [4.69, 9.17) is 10.5 Å². The number of carbonyl (C=O) groups excluding carboxylic acids is 1. The van der Waals surface area contributed by atoms with Crippen LogP contribution in [-0.2, 0) is 9.53 Å². The summed E-state index contributed by atoms with van der Waals surface area (Å²) in [7, 11) is 1.54. The number of amides is 1. The maximum Gasteiger partial charge on any atom is 0.248 e. The van der Waals surface area contributed by atoms with Crippen LogP contribution >= 0.6 is 0 Å². The van der Waals surface area contributed by atoms with Gasteiger partial charge in [0.15, 0.2) is 0 Å². The zero-order valence-electron chi connectivity index (χ0n) is 8.16. The summed E-state index contributed by atoms with van der Waals surface area (Å²) < 4.78 is 4.82. The Balaban J connectivity index is 2.40. The Morgan fingerprint density at radius 1 is 1.62 bits per heavy atom. The minimum Gasteiger partial charge on any atom is -0.375 e. The molecule has 13 heavy (non-hydrogen) atoms. The maximum absolute atomic E-state index is 11.5. The standard InChI is InChI=1S/C9H18N2O2/c1-13-7-9(12)11(6-5-10)8-3-2-4-8/h8H,2-7,10H2,1H3. The summed E-state index contributed by atoms with van der Waals surface area (Å²) >= 11 is 0. The molecule has 1 rings (SSSR count). The lowest BCUT2D eigenvalue weighted by atomic mass is 9.91. The Hall–Kier alpha value is -0.610. The van der Waals surface area contributed by atoms with Crippen molar-refractivity contribution in [2.24, 2.45) is 5.73 Å². The molecule has 1 aliphatic rings. The highest BCUT2D eigenvalue weighted by Crippen LogP contribution is 2.24. The molecule has 0 spiro atoms. The lowest BCUT2D eigenvalue weighted by Gasteiger charge is -2.37. The molecule has 0 aromatic carbocycles. The van der Waals surface area contributed by atoms with E-state index in [0.29, 0.717) is 19.1 Å². The summed E-state index contributed by atoms with van der Waals surface area (Å²) in [5.74, 6) is 0.0673. The van der Waals surface area contributed by atoms with Crippen molar-refractivity contribution in [2.45, 2.75) is 25.3 Å². The zero-order chi connectivity index (χ0) is 9.68. The second-order valence-electron chi connectivity index (χ2n) is 3.39. The smallest absolute Gasteiger partial charge is 0.248 e. The van der Waals surface area contributed by atoms with E-state index in [-0.39, 0.29) is 12.5 Å². The van der Waals surface area contributed by atoms with E-state index in [1.54, 1.807) is 7.11 Å². The van der Waals surface area contributed by atoms with E-state index in [1.807, 2.05) is 4.90 Å². The molecule has 1 saturated carbocycles. The Labute approximate surface area is 79.0 Å². The maximum atomic E-state index is 11.5. The molecule has 0 bridgehead atoms. The van der Waals surface area contributed by atoms with Crippen molar-refractivity contribution in [1.29, 1.82) is 0 Å². The third-order valence-corrected chi connectivity index (χ3v) is 2.47. The topological polar surface area (TPSA) is 55.6 Å². The zero-order valence-corrected chi connectivity index (χ0v) is 8.16. The molecule has 4 nitrogen and oxygen atoms in total. The average molecular weight is 186 g/mol. The Bertz CT molecular complexity index is 169. The quantitative estimate of drug-likeness (QED) is 0.656. The van der Waals surface area contributed by atoms with Crippen LogP contribution in [0.25, 0.3) is 0 Å². The number of rotatable bonds is 5. The molecule has 1 amide bonds. The summed E-state index contributed by atoms with van der Waals surface area (Å²) in [6.45, 7) is 1.37. The summed E-state index contributed by atoms with van der Waals surface area (Å²) in [6.07, 6.45) is 3.47. The van der Waals surface area contributed by atoms with Crippen molar-refractivity contribution in [3.05, 3.63) is 0 Å². The Kier molecular flexibility index (Phi) is 4.18. The summed E-state index contributed by atoms with van der Waals surface area (Å²) in [4.78, 5) is 13.4. The van der Waals surface area contributed by atoms with Gasteiger partial charge in [0, 0.05) is 26.2 Å². The van der Waals surface area contributed by atoms with E-state index in [0.717, 1.165) is 12.8 Å². The van der Waals surface area contributed by atoms with Gasteiger partial charge in [-0.1, -0.05) is 0 Å². The molecular weight excluding hydrogens is 168 g/mol. The van der Waals surface area contributed by atoms with E-state index < -0.39 is 0 Å². The van der Waals surface area contributed by atoms with Gasteiger partial charge in [-0.05, 0) is 19.3 Å². The lowest BCUT2D eigenvalue weighted by molar-refractivity contribution is -0.139. The molecule has 0 aliphatic heterocycles. The molecule has 1 fully saturated rings. The molecule has 0 aromatic rings. The normalized spacial score (nSPS) is 16.8. The van der Waals surface area contributed by atoms with E-state index in [2.05, 4.69) is 0 Å². The number of ether oxygens (including phenoxy) is 1. The van der Waals surface area contributed by atoms with Crippen LogP contribution < -0.4 is 5.73 Å². The van der Waals surface area contributed by atoms with Gasteiger partial charge < -0.3 is 15.4 Å². The number of hydrogen-bond donors (Lipinski definition) is 1. The van der Waals surface area contributed by atoms with Crippen LogP contribution in [0, 0.1) is 0 Å². The molecule has 2 N–H and O–H groups in total. The summed E-state index contributed by atoms with van der Waals surface area (Å²) in [5, 5.41) is 0. The van der Waals surface area contributed by atoms with Gasteiger partial charge in [0.25, 0.3) is 0 Å². The minimum absolute atomic E-state index is 0.0673. The first kappa shape index (κ1) is 10.5. The highest BCUT2D eigenvalue weighted by Gasteiger charge is 2.27. The fourth-order valence-electron chi connectivity index (χ4n) is 1.55. The van der Waals surface area contributed by atoms with Crippen LogP contribution in [0.3, 0.4) is 0 Å². The van der Waals surface area contributed by atoms with Crippen LogP contribution in [0.5, 0.6) is 0 Å². The van der Waals surface area contributed by atoms with Crippen molar-refractivity contribution in [1.82, 2.24) is 4.90 Å². The van der Waals surface area contributed by atoms with Crippen molar-refractivity contribution in [2.75, 3.05) is 26.8 Å². The van der Waals surface area contributed by atoms with Gasteiger partial charge in [-0.15, -0.1) is 0 Å². The molecule has 0 saturated heterocycles. The number of nitrogens with two attached hydrogens (primary N) is 1. The molecule has 0 heterocycles. The summed E-state index contributed by atoms with van der Waals surface area (Å²) in [6, 6.07) is 0.422. The lowest BCUT2D eigenvalue weighted by Crippen LogP contribution is -2.47. The van der Waals surface area contributed by atoms with E-state index in [9.17, 15) is 4.79 Å². The van der Waals surface area contributed by atoms with Crippen molar-refractivity contribution < 1.29 is 9.53 Å². The molecule has 1 aliphatic carbocycles. The monoisotopic (exact) mass is 186 g/mol. The van der Waals surface area contributed by atoms with Crippen LogP contribution in [0.15, 0.2) is 0 Å². The molecule has 0 atom stereocenters. The number of methoxy groups -OCH3 is 1. The average Bonchev–Trinajstić information content (AvgIpc) is 2.01. The van der Waals surface area contributed by atoms with Gasteiger partial charge in [0.2, 0.25) is 5.91 Å². The number of carbonyl (C=O) groups is 1. The van der Waals surface area contributed by atoms with Gasteiger partial charge in [0.05, 0.1) is 0 Å². The molecule has 76 valence electrons. The molecule has 0 radical (unpaired) electrons.